The number of rotatable bonds is 2. The normalized spacial score (nSPS) is 19.6. The predicted octanol–water partition coefficient (Wildman–Crippen LogP) is 2.14. The van der Waals surface area contributed by atoms with Crippen LogP contribution in [0.4, 0.5) is 19.0 Å². The van der Waals surface area contributed by atoms with Crippen molar-refractivity contribution >= 4 is 5.82 Å². The lowest BCUT2D eigenvalue weighted by Crippen LogP contribution is -2.23. The summed E-state index contributed by atoms with van der Waals surface area (Å²) in [4.78, 5) is 5.53. The van der Waals surface area contributed by atoms with E-state index in [1.165, 1.54) is 6.07 Å². The number of hydrogen-bond acceptors (Lipinski definition) is 4. The second-order valence-corrected chi connectivity index (χ2v) is 4.65. The molecule has 1 saturated heterocycles. The van der Waals surface area contributed by atoms with Crippen LogP contribution in [-0.4, -0.2) is 33.1 Å². The first-order chi connectivity index (χ1) is 9.54. The first-order valence-corrected chi connectivity index (χ1v) is 6.19. The molecule has 20 heavy (non-hydrogen) atoms. The van der Waals surface area contributed by atoms with Gasteiger partial charge in [0.1, 0.15) is 11.5 Å². The van der Waals surface area contributed by atoms with Gasteiger partial charge < -0.3 is 4.90 Å². The van der Waals surface area contributed by atoms with E-state index in [-0.39, 0.29) is 6.04 Å². The lowest BCUT2D eigenvalue weighted by molar-refractivity contribution is -0.141. The van der Waals surface area contributed by atoms with E-state index in [1.54, 1.807) is 23.1 Å². The lowest BCUT2D eigenvalue weighted by atomic mass is 10.3. The van der Waals surface area contributed by atoms with Gasteiger partial charge >= 0.3 is 6.18 Å². The van der Waals surface area contributed by atoms with Crippen LogP contribution in [0.1, 0.15) is 18.2 Å². The maximum atomic E-state index is 12.7. The summed E-state index contributed by atoms with van der Waals surface area (Å²) in [5.74, 6) is 0.349. The average Bonchev–Trinajstić information content (AvgIpc) is 3.09. The highest BCUT2D eigenvalue weighted by Crippen LogP contribution is 2.30. The van der Waals surface area contributed by atoms with E-state index in [0.717, 1.165) is 12.5 Å². The number of alkyl halides is 3. The van der Waals surface area contributed by atoms with Crippen molar-refractivity contribution in [2.75, 3.05) is 18.0 Å². The molecule has 0 aliphatic carbocycles. The van der Waals surface area contributed by atoms with E-state index in [1.807, 2.05) is 4.90 Å². The summed E-state index contributed by atoms with van der Waals surface area (Å²) in [5, 5.41) is 7.66. The second-order valence-electron chi connectivity index (χ2n) is 4.65. The van der Waals surface area contributed by atoms with Gasteiger partial charge in [0.25, 0.3) is 0 Å². The van der Waals surface area contributed by atoms with Gasteiger partial charge in [-0.2, -0.15) is 13.2 Å². The van der Waals surface area contributed by atoms with Crippen LogP contribution in [0, 0.1) is 0 Å². The van der Waals surface area contributed by atoms with Gasteiger partial charge in [-0.15, -0.1) is 5.10 Å². The van der Waals surface area contributed by atoms with E-state index in [9.17, 15) is 13.2 Å². The van der Waals surface area contributed by atoms with Crippen LogP contribution in [0.5, 0.6) is 0 Å². The number of hydrogen-bond donors (Lipinski definition) is 0. The summed E-state index contributed by atoms with van der Waals surface area (Å²) >= 11 is 0. The smallest absolute Gasteiger partial charge is 0.354 e. The number of halogens is 3. The van der Waals surface area contributed by atoms with Crippen molar-refractivity contribution in [3.63, 3.8) is 0 Å². The molecule has 0 N–H and O–H groups in total. The molecule has 1 aliphatic rings. The molecule has 1 atom stereocenters. The Balaban J connectivity index is 1.78. The fourth-order valence-electron chi connectivity index (χ4n) is 2.34. The third-order valence-corrected chi connectivity index (χ3v) is 3.33. The summed E-state index contributed by atoms with van der Waals surface area (Å²) in [6.07, 6.45) is -0.263. The predicted molar refractivity (Wildman–Crippen MR) is 65.1 cm³/mol. The quantitative estimate of drug-likeness (QED) is 0.847. The van der Waals surface area contributed by atoms with Gasteiger partial charge in [0.2, 0.25) is 0 Å². The molecule has 1 aliphatic heterocycles. The van der Waals surface area contributed by atoms with Crippen LogP contribution >= 0.6 is 0 Å². The molecule has 0 spiro atoms. The molecule has 1 fully saturated rings. The molecule has 5 nitrogen and oxygen atoms in total. The Hall–Kier alpha value is -2.12. The first-order valence-electron chi connectivity index (χ1n) is 6.19. The van der Waals surface area contributed by atoms with Crippen molar-refractivity contribution < 1.29 is 13.2 Å². The van der Waals surface area contributed by atoms with Crippen LogP contribution in [0.2, 0.25) is 0 Å². The molecular formula is C12H12F3N5. The Labute approximate surface area is 113 Å². The molecule has 3 heterocycles. The highest BCUT2D eigenvalue weighted by atomic mass is 19.4. The zero-order chi connectivity index (χ0) is 14.2. The van der Waals surface area contributed by atoms with Crippen molar-refractivity contribution in [3.8, 4) is 0 Å². The van der Waals surface area contributed by atoms with Crippen LogP contribution in [0.3, 0.4) is 0 Å². The summed E-state index contributed by atoms with van der Waals surface area (Å²) in [6.45, 7) is 1.23. The topological polar surface area (TPSA) is 46.8 Å². The van der Waals surface area contributed by atoms with E-state index in [2.05, 4.69) is 15.3 Å². The third kappa shape index (κ3) is 2.45. The highest BCUT2D eigenvalue weighted by molar-refractivity contribution is 5.41. The third-order valence-electron chi connectivity index (χ3n) is 3.33. The molecule has 0 amide bonds. The Morgan fingerprint density at radius 2 is 2.10 bits per heavy atom. The molecule has 106 valence electrons. The zero-order valence-electron chi connectivity index (χ0n) is 10.5. The number of nitrogens with zero attached hydrogens (tertiary/aromatic N) is 5. The maximum absolute atomic E-state index is 12.7. The van der Waals surface area contributed by atoms with Gasteiger partial charge in [-0.3, -0.25) is 0 Å². The van der Waals surface area contributed by atoms with Crippen molar-refractivity contribution in [1.82, 2.24) is 20.0 Å². The number of anilines is 1. The molecule has 1 unspecified atom stereocenters. The zero-order valence-corrected chi connectivity index (χ0v) is 10.5. The monoisotopic (exact) mass is 283 g/mol. The van der Waals surface area contributed by atoms with E-state index in [4.69, 9.17) is 0 Å². The summed E-state index contributed by atoms with van der Waals surface area (Å²) in [6, 6.07) is 4.08. The second kappa shape index (κ2) is 4.77. The minimum absolute atomic E-state index is 0.119. The molecule has 0 aromatic carbocycles. The Bertz CT molecular complexity index is 581. The van der Waals surface area contributed by atoms with Crippen molar-refractivity contribution in [2.24, 2.45) is 0 Å². The molecule has 3 rings (SSSR count). The fourth-order valence-corrected chi connectivity index (χ4v) is 2.34. The van der Waals surface area contributed by atoms with Gasteiger partial charge in [0, 0.05) is 19.3 Å². The van der Waals surface area contributed by atoms with Crippen molar-refractivity contribution in [1.29, 1.82) is 0 Å². The lowest BCUT2D eigenvalue weighted by Gasteiger charge is -2.18. The van der Waals surface area contributed by atoms with Gasteiger partial charge in [-0.1, -0.05) is 11.3 Å². The standard InChI is InChI=1S/C12H12F3N5/c13-12(14,15)10-2-1-3-11(17-10)19-6-4-9(8-19)20-7-5-16-18-20/h1-3,5,7,9H,4,6,8H2. The van der Waals surface area contributed by atoms with E-state index >= 15 is 0 Å². The van der Waals surface area contributed by atoms with Crippen LogP contribution in [-0.2, 0) is 6.18 Å². The fraction of sp³-hybridized carbons (Fsp3) is 0.417. The molecule has 2 aromatic rings. The van der Waals surface area contributed by atoms with Crippen LogP contribution in [0.25, 0.3) is 0 Å². The average molecular weight is 283 g/mol. The van der Waals surface area contributed by atoms with Crippen molar-refractivity contribution in [3.05, 3.63) is 36.3 Å². The van der Waals surface area contributed by atoms with Gasteiger partial charge in [0.15, 0.2) is 0 Å². The summed E-state index contributed by atoms with van der Waals surface area (Å²) in [5.41, 5.74) is -0.862. The maximum Gasteiger partial charge on any atom is 0.433 e. The summed E-state index contributed by atoms with van der Waals surface area (Å²) in [7, 11) is 0. The van der Waals surface area contributed by atoms with E-state index in [0.29, 0.717) is 18.9 Å². The molecule has 8 heteroatoms. The summed E-state index contributed by atoms with van der Waals surface area (Å²) < 4.78 is 39.7. The molecular weight excluding hydrogens is 271 g/mol. The highest BCUT2D eigenvalue weighted by Gasteiger charge is 2.33. The van der Waals surface area contributed by atoms with Gasteiger partial charge in [-0.05, 0) is 18.6 Å². The van der Waals surface area contributed by atoms with Crippen molar-refractivity contribution in [2.45, 2.75) is 18.6 Å². The van der Waals surface area contributed by atoms with Crippen LogP contribution in [0.15, 0.2) is 30.6 Å². The van der Waals surface area contributed by atoms with Gasteiger partial charge in [0.05, 0.1) is 12.2 Å². The number of pyridine rings is 1. The molecule has 0 bridgehead atoms. The van der Waals surface area contributed by atoms with Gasteiger partial charge in [-0.25, -0.2) is 9.67 Å². The molecule has 2 aromatic heterocycles. The minimum atomic E-state index is -4.42. The number of aromatic nitrogens is 4. The Morgan fingerprint density at radius 1 is 1.25 bits per heavy atom. The SMILES string of the molecule is FC(F)(F)c1cccc(N2CCC(n3ccnn3)C2)n1. The van der Waals surface area contributed by atoms with Crippen LogP contribution < -0.4 is 4.90 Å². The van der Waals surface area contributed by atoms with E-state index < -0.39 is 11.9 Å². The molecule has 0 saturated carbocycles. The molecule has 0 radical (unpaired) electrons. The Morgan fingerprint density at radius 3 is 2.80 bits per heavy atom. The minimum Gasteiger partial charge on any atom is -0.354 e. The Kier molecular flexibility index (Phi) is 3.07. The largest absolute Gasteiger partial charge is 0.433 e. The first kappa shape index (κ1) is 12.9.